The maximum Gasteiger partial charge on any atom is 0.338 e. The molecule has 0 radical (unpaired) electrons. The fraction of sp³-hybridized carbons (Fsp3) is 0.364. The number of anilines is 1. The molecule has 2 atom stereocenters. The molecule has 0 saturated carbocycles. The van der Waals surface area contributed by atoms with Crippen molar-refractivity contribution in [1.82, 2.24) is 0 Å². The second-order valence-corrected chi connectivity index (χ2v) is 5.26. The Labute approximate surface area is 101 Å². The van der Waals surface area contributed by atoms with E-state index in [0.29, 0.717) is 11.4 Å². The van der Waals surface area contributed by atoms with Crippen LogP contribution in [0, 0.1) is 5.82 Å². The van der Waals surface area contributed by atoms with Crippen LogP contribution in [0.5, 0.6) is 0 Å². The van der Waals surface area contributed by atoms with Crippen LogP contribution in [0.4, 0.5) is 10.1 Å². The zero-order valence-corrected chi connectivity index (χ0v) is 10.4. The van der Waals surface area contributed by atoms with Crippen molar-refractivity contribution in [2.45, 2.75) is 13.0 Å². The lowest BCUT2D eigenvalue weighted by atomic mass is 10.2. The topological polar surface area (TPSA) is 66.4 Å². The van der Waals surface area contributed by atoms with E-state index in [1.165, 1.54) is 12.1 Å². The molecular formula is C11H14FNO3S. The van der Waals surface area contributed by atoms with Crippen LogP contribution >= 0.6 is 0 Å². The van der Waals surface area contributed by atoms with Gasteiger partial charge in [0.05, 0.1) is 5.56 Å². The smallest absolute Gasteiger partial charge is 0.338 e. The minimum atomic E-state index is -1.29. The monoisotopic (exact) mass is 259 g/mol. The second-order valence-electron chi connectivity index (χ2n) is 3.79. The molecule has 0 fully saturated rings. The van der Waals surface area contributed by atoms with E-state index in [0.717, 1.165) is 6.07 Å². The van der Waals surface area contributed by atoms with Crippen LogP contribution in [0.15, 0.2) is 18.2 Å². The van der Waals surface area contributed by atoms with Crippen molar-refractivity contribution in [3.63, 3.8) is 0 Å². The highest BCUT2D eigenvalue weighted by atomic mass is 32.2. The minimum absolute atomic E-state index is 0.0732. The first kappa shape index (κ1) is 13.6. The molecule has 1 rings (SSSR count). The van der Waals surface area contributed by atoms with Crippen molar-refractivity contribution in [2.75, 3.05) is 17.3 Å². The summed E-state index contributed by atoms with van der Waals surface area (Å²) in [6.07, 6.45) is 1.59. The van der Waals surface area contributed by atoms with Gasteiger partial charge in [-0.2, -0.15) is 0 Å². The lowest BCUT2D eigenvalue weighted by molar-refractivity contribution is 0.0692. The number of carboxylic acids is 1. The van der Waals surface area contributed by atoms with Crippen molar-refractivity contribution in [2.24, 2.45) is 0 Å². The second kappa shape index (κ2) is 5.77. The van der Waals surface area contributed by atoms with Gasteiger partial charge in [0.25, 0.3) is 0 Å². The van der Waals surface area contributed by atoms with Crippen molar-refractivity contribution in [3.8, 4) is 0 Å². The molecule has 17 heavy (non-hydrogen) atoms. The molecule has 0 saturated heterocycles. The number of rotatable bonds is 5. The third-order valence-electron chi connectivity index (χ3n) is 2.10. The molecule has 0 aliphatic carbocycles. The van der Waals surface area contributed by atoms with Crippen LogP contribution in [0.3, 0.4) is 0 Å². The lowest BCUT2D eigenvalue weighted by Gasteiger charge is -2.14. The van der Waals surface area contributed by atoms with E-state index >= 15 is 0 Å². The van der Waals surface area contributed by atoms with Gasteiger partial charge < -0.3 is 10.4 Å². The van der Waals surface area contributed by atoms with E-state index in [9.17, 15) is 13.4 Å². The summed E-state index contributed by atoms with van der Waals surface area (Å²) in [5.41, 5.74) is 0.118. The van der Waals surface area contributed by atoms with E-state index in [1.807, 2.05) is 6.92 Å². The Balaban J connectivity index is 2.77. The summed E-state index contributed by atoms with van der Waals surface area (Å²) in [5.74, 6) is -1.63. The summed E-state index contributed by atoms with van der Waals surface area (Å²) in [5, 5.41) is 11.6. The summed E-state index contributed by atoms with van der Waals surface area (Å²) in [6, 6.07) is 3.74. The SMILES string of the molecule is CC(CS(C)=O)Nc1ccc(C(=O)O)c(F)c1. The summed E-state index contributed by atoms with van der Waals surface area (Å²) >= 11 is 0. The van der Waals surface area contributed by atoms with Crippen LogP contribution in [-0.4, -0.2) is 33.3 Å². The lowest BCUT2D eigenvalue weighted by Crippen LogP contribution is -2.22. The Kier molecular flexibility index (Phi) is 4.62. The van der Waals surface area contributed by atoms with Gasteiger partial charge in [0.15, 0.2) is 0 Å². The largest absolute Gasteiger partial charge is 0.478 e. The van der Waals surface area contributed by atoms with Crippen LogP contribution in [0.25, 0.3) is 0 Å². The Bertz CT molecular complexity index is 450. The molecular weight excluding hydrogens is 245 g/mol. The molecule has 0 amide bonds. The van der Waals surface area contributed by atoms with E-state index in [1.54, 1.807) is 6.26 Å². The van der Waals surface area contributed by atoms with Gasteiger partial charge in [0.1, 0.15) is 5.82 Å². The maximum absolute atomic E-state index is 13.3. The zero-order chi connectivity index (χ0) is 13.0. The highest BCUT2D eigenvalue weighted by Crippen LogP contribution is 2.15. The Morgan fingerprint density at radius 2 is 2.24 bits per heavy atom. The number of benzene rings is 1. The molecule has 0 spiro atoms. The van der Waals surface area contributed by atoms with Crippen molar-refractivity contribution >= 4 is 22.5 Å². The van der Waals surface area contributed by atoms with Crippen molar-refractivity contribution in [3.05, 3.63) is 29.6 Å². The Morgan fingerprint density at radius 3 is 2.71 bits per heavy atom. The standard InChI is InChI=1S/C11H14FNO3S/c1-7(6-17(2)16)13-8-3-4-9(11(14)15)10(12)5-8/h3-5,7,13H,6H2,1-2H3,(H,14,15). The summed E-state index contributed by atoms with van der Waals surface area (Å²) in [4.78, 5) is 10.6. The van der Waals surface area contributed by atoms with Crippen LogP contribution in [0.2, 0.25) is 0 Å². The normalized spacial score (nSPS) is 14.1. The molecule has 2 N–H and O–H groups in total. The zero-order valence-electron chi connectivity index (χ0n) is 9.57. The van der Waals surface area contributed by atoms with Gasteiger partial charge in [0.2, 0.25) is 0 Å². The van der Waals surface area contributed by atoms with E-state index < -0.39 is 22.6 Å². The number of aromatic carboxylic acids is 1. The molecule has 0 heterocycles. The number of hydrogen-bond acceptors (Lipinski definition) is 3. The van der Waals surface area contributed by atoms with Gasteiger partial charge in [-0.1, -0.05) is 0 Å². The molecule has 94 valence electrons. The fourth-order valence-corrected chi connectivity index (χ4v) is 2.24. The predicted molar refractivity (Wildman–Crippen MR) is 65.4 cm³/mol. The van der Waals surface area contributed by atoms with Gasteiger partial charge >= 0.3 is 5.97 Å². The van der Waals surface area contributed by atoms with E-state index in [2.05, 4.69) is 5.32 Å². The van der Waals surface area contributed by atoms with E-state index in [-0.39, 0.29) is 11.6 Å². The quantitative estimate of drug-likeness (QED) is 0.844. The number of carbonyl (C=O) groups is 1. The van der Waals surface area contributed by atoms with Crippen molar-refractivity contribution < 1.29 is 18.5 Å². The van der Waals surface area contributed by atoms with Gasteiger partial charge in [0, 0.05) is 34.5 Å². The van der Waals surface area contributed by atoms with Crippen LogP contribution < -0.4 is 5.32 Å². The first-order valence-electron chi connectivity index (χ1n) is 4.99. The average molecular weight is 259 g/mol. The van der Waals surface area contributed by atoms with Gasteiger partial charge in [-0.05, 0) is 25.1 Å². The highest BCUT2D eigenvalue weighted by Gasteiger charge is 2.11. The fourth-order valence-electron chi connectivity index (χ4n) is 1.46. The molecule has 0 aromatic heterocycles. The highest BCUT2D eigenvalue weighted by molar-refractivity contribution is 7.84. The third kappa shape index (κ3) is 4.14. The van der Waals surface area contributed by atoms with Crippen LogP contribution in [-0.2, 0) is 10.8 Å². The number of nitrogens with one attached hydrogen (secondary N) is 1. The first-order chi connectivity index (χ1) is 7.90. The van der Waals surface area contributed by atoms with E-state index in [4.69, 9.17) is 5.11 Å². The number of hydrogen-bond donors (Lipinski definition) is 2. The predicted octanol–water partition coefficient (Wildman–Crippen LogP) is 1.70. The average Bonchev–Trinajstić information content (AvgIpc) is 2.15. The van der Waals surface area contributed by atoms with Crippen molar-refractivity contribution in [1.29, 1.82) is 0 Å². The van der Waals surface area contributed by atoms with Gasteiger partial charge in [-0.3, -0.25) is 4.21 Å². The van der Waals surface area contributed by atoms with Gasteiger partial charge in [-0.25, -0.2) is 9.18 Å². The molecule has 4 nitrogen and oxygen atoms in total. The molecule has 1 aromatic rings. The summed E-state index contributed by atoms with van der Waals surface area (Å²) in [7, 11) is -0.937. The molecule has 0 aliphatic rings. The minimum Gasteiger partial charge on any atom is -0.478 e. The van der Waals surface area contributed by atoms with Gasteiger partial charge in [-0.15, -0.1) is 0 Å². The Hall–Kier alpha value is -1.43. The molecule has 1 aromatic carbocycles. The third-order valence-corrected chi connectivity index (χ3v) is 3.07. The summed E-state index contributed by atoms with van der Waals surface area (Å²) in [6.45, 7) is 1.82. The summed E-state index contributed by atoms with van der Waals surface area (Å²) < 4.78 is 24.3. The van der Waals surface area contributed by atoms with Crippen LogP contribution in [0.1, 0.15) is 17.3 Å². The number of carboxylic acid groups (broad SMARTS) is 1. The Morgan fingerprint density at radius 1 is 1.59 bits per heavy atom. The maximum atomic E-state index is 13.3. The molecule has 0 bridgehead atoms. The number of halogens is 1. The molecule has 2 unspecified atom stereocenters. The first-order valence-corrected chi connectivity index (χ1v) is 6.72. The molecule has 0 aliphatic heterocycles. The molecule has 6 heteroatoms.